The minimum atomic E-state index is 0.241. The van der Waals surface area contributed by atoms with Crippen molar-refractivity contribution >= 4 is 43.6 Å². The molecule has 10 aromatic rings. The Hall–Kier alpha value is -7.16. The Morgan fingerprint density at radius 2 is 0.847 bits per heavy atom. The number of para-hydroxylation sites is 1. The maximum atomic E-state index is 2.60. The van der Waals surface area contributed by atoms with E-state index >= 15 is 0 Å². The Labute approximate surface area is 342 Å². The third kappa shape index (κ3) is 4.30. The molecular weight excluding hydrogens is 713 g/mol. The van der Waals surface area contributed by atoms with Crippen molar-refractivity contribution in [2.75, 3.05) is 0 Å². The maximum Gasteiger partial charge on any atom is 0.0544 e. The molecule has 0 saturated heterocycles. The summed E-state index contributed by atoms with van der Waals surface area (Å²) in [6.07, 6.45) is 10.0. The molecule has 0 amide bonds. The van der Waals surface area contributed by atoms with Crippen LogP contribution in [0.2, 0.25) is 0 Å². The summed E-state index contributed by atoms with van der Waals surface area (Å²) in [7, 11) is 0. The first-order valence-corrected chi connectivity index (χ1v) is 21.1. The topological polar surface area (TPSA) is 9.86 Å². The number of aromatic nitrogens is 2. The molecule has 1 fully saturated rings. The third-order valence-corrected chi connectivity index (χ3v) is 14.5. The summed E-state index contributed by atoms with van der Waals surface area (Å²) in [6.45, 7) is 0. The normalized spacial score (nSPS) is 21.8. The predicted molar refractivity (Wildman–Crippen MR) is 245 cm³/mol. The van der Waals surface area contributed by atoms with Gasteiger partial charge in [-0.05, 0) is 129 Å². The van der Waals surface area contributed by atoms with Gasteiger partial charge in [-0.1, -0.05) is 140 Å². The molecule has 0 bridgehead atoms. The highest BCUT2D eigenvalue weighted by atomic mass is 15.0. The molecule has 14 rings (SSSR count). The molecule has 2 heterocycles. The second-order valence-electron chi connectivity index (χ2n) is 17.3. The number of allylic oxidation sites excluding steroid dienone is 4. The molecule has 4 aliphatic carbocycles. The number of fused-ring (bicyclic) bond motifs is 10. The minimum absolute atomic E-state index is 0.241. The molecule has 5 atom stereocenters. The molecule has 1 saturated carbocycles. The summed E-state index contributed by atoms with van der Waals surface area (Å²) < 4.78 is 4.94. The van der Waals surface area contributed by atoms with Gasteiger partial charge in [-0.2, -0.15) is 0 Å². The summed E-state index contributed by atoms with van der Waals surface area (Å²) in [6, 6.07) is 67.7. The number of benzene rings is 8. The summed E-state index contributed by atoms with van der Waals surface area (Å²) in [5.74, 6) is 2.55. The van der Waals surface area contributed by atoms with Crippen LogP contribution in [0, 0.1) is 17.3 Å². The molecule has 4 aliphatic rings. The van der Waals surface area contributed by atoms with E-state index in [0.29, 0.717) is 17.8 Å². The standard InChI is InChI=1S/C57H38N2/c1-3-9-35(10-4-1)37-15-21-41(22-16-37)58-51-14-8-7-13-43(51)46-31-39(19-25-52(46)58)40-20-26-53-47(32-40)48-33-49-45(50-28-30-57(50)29-27-44-55(49)56(44)57)34-54(48)59(53)42-23-17-38(18-24-42)36-11-5-2-6-12-36/h1-34,44,50,55-56H. The van der Waals surface area contributed by atoms with Crippen molar-refractivity contribution in [1.29, 1.82) is 0 Å². The van der Waals surface area contributed by atoms with Gasteiger partial charge < -0.3 is 9.13 Å². The van der Waals surface area contributed by atoms with Gasteiger partial charge >= 0.3 is 0 Å². The van der Waals surface area contributed by atoms with Crippen LogP contribution in [-0.2, 0) is 0 Å². The molecule has 2 nitrogen and oxygen atoms in total. The molecule has 0 aliphatic heterocycles. The van der Waals surface area contributed by atoms with E-state index in [1.807, 2.05) is 0 Å². The van der Waals surface area contributed by atoms with Gasteiger partial charge in [0.2, 0.25) is 0 Å². The Bertz CT molecular complexity index is 3440. The number of hydrogen-bond acceptors (Lipinski definition) is 0. The quantitative estimate of drug-likeness (QED) is 0.155. The summed E-state index contributed by atoms with van der Waals surface area (Å²) in [5, 5.41) is 5.21. The van der Waals surface area contributed by atoms with Crippen LogP contribution in [0.15, 0.2) is 206 Å². The SMILES string of the molecule is C1=CC23C=CC2c2cc4c(cc2C2C1C23)c1cc(-c2ccc3c(c2)c2ccccc2n3-c2ccc(-c3ccccc3)cc2)ccc1n4-c1ccc(-c2ccccc2)cc1. The molecule has 8 aromatic carbocycles. The zero-order chi connectivity index (χ0) is 38.4. The number of hydrogen-bond donors (Lipinski definition) is 0. The van der Waals surface area contributed by atoms with Crippen LogP contribution in [0.3, 0.4) is 0 Å². The van der Waals surface area contributed by atoms with Gasteiger partial charge in [0.15, 0.2) is 0 Å². The van der Waals surface area contributed by atoms with Gasteiger partial charge in [-0.3, -0.25) is 0 Å². The minimum Gasteiger partial charge on any atom is -0.309 e. The van der Waals surface area contributed by atoms with E-state index in [0.717, 1.165) is 5.92 Å². The highest BCUT2D eigenvalue weighted by Gasteiger charge is 2.69. The van der Waals surface area contributed by atoms with Gasteiger partial charge in [-0.25, -0.2) is 0 Å². The molecule has 59 heavy (non-hydrogen) atoms. The van der Waals surface area contributed by atoms with E-state index in [2.05, 4.69) is 215 Å². The fraction of sp³-hybridized carbons (Fsp3) is 0.0877. The lowest BCUT2D eigenvalue weighted by atomic mass is 9.57. The fourth-order valence-electron chi connectivity index (χ4n) is 11.7. The van der Waals surface area contributed by atoms with Crippen molar-refractivity contribution in [2.24, 2.45) is 17.3 Å². The van der Waals surface area contributed by atoms with Crippen LogP contribution in [0.5, 0.6) is 0 Å². The third-order valence-electron chi connectivity index (χ3n) is 14.5. The van der Waals surface area contributed by atoms with Crippen molar-refractivity contribution < 1.29 is 0 Å². The summed E-state index contributed by atoms with van der Waals surface area (Å²) in [5.41, 5.74) is 18.1. The molecule has 0 radical (unpaired) electrons. The summed E-state index contributed by atoms with van der Waals surface area (Å²) in [4.78, 5) is 0. The Morgan fingerprint density at radius 1 is 0.356 bits per heavy atom. The lowest BCUT2D eigenvalue weighted by Crippen LogP contribution is -2.35. The second-order valence-corrected chi connectivity index (χ2v) is 17.3. The Balaban J connectivity index is 0.934. The molecule has 2 aromatic heterocycles. The predicted octanol–water partition coefficient (Wildman–Crippen LogP) is 14.4. The average Bonchev–Trinajstić information content (AvgIpc) is 3.55. The first-order chi connectivity index (χ1) is 29.2. The van der Waals surface area contributed by atoms with Crippen LogP contribution < -0.4 is 0 Å². The van der Waals surface area contributed by atoms with Gasteiger partial charge in [-0.15, -0.1) is 0 Å². The van der Waals surface area contributed by atoms with E-state index in [1.165, 1.54) is 93.9 Å². The first kappa shape index (κ1) is 31.9. The Morgan fingerprint density at radius 3 is 1.46 bits per heavy atom. The van der Waals surface area contributed by atoms with Crippen molar-refractivity contribution in [3.63, 3.8) is 0 Å². The summed E-state index contributed by atoms with van der Waals surface area (Å²) >= 11 is 0. The van der Waals surface area contributed by atoms with Crippen LogP contribution >= 0.6 is 0 Å². The van der Waals surface area contributed by atoms with Crippen LogP contribution in [0.1, 0.15) is 23.0 Å². The van der Waals surface area contributed by atoms with Crippen molar-refractivity contribution in [1.82, 2.24) is 9.13 Å². The maximum absolute atomic E-state index is 2.60. The number of nitrogens with zero attached hydrogens (tertiary/aromatic N) is 2. The largest absolute Gasteiger partial charge is 0.309 e. The molecule has 2 heteroatoms. The van der Waals surface area contributed by atoms with Gasteiger partial charge in [0.05, 0.1) is 22.1 Å². The van der Waals surface area contributed by atoms with Gasteiger partial charge in [0.25, 0.3) is 0 Å². The van der Waals surface area contributed by atoms with E-state index in [4.69, 9.17) is 0 Å². The fourth-order valence-corrected chi connectivity index (χ4v) is 11.7. The molecule has 1 spiro atoms. The molecular formula is C57H38N2. The molecule has 276 valence electrons. The molecule has 0 N–H and O–H groups in total. The van der Waals surface area contributed by atoms with Crippen molar-refractivity contribution in [2.45, 2.75) is 11.8 Å². The first-order valence-electron chi connectivity index (χ1n) is 21.1. The highest BCUT2D eigenvalue weighted by molar-refractivity contribution is 6.13. The highest BCUT2D eigenvalue weighted by Crippen LogP contribution is 2.78. The molecule has 5 unspecified atom stereocenters. The monoisotopic (exact) mass is 750 g/mol. The van der Waals surface area contributed by atoms with E-state index in [9.17, 15) is 0 Å². The second kappa shape index (κ2) is 11.5. The van der Waals surface area contributed by atoms with Gasteiger partial charge in [0, 0.05) is 44.3 Å². The zero-order valence-electron chi connectivity index (χ0n) is 32.3. The zero-order valence-corrected chi connectivity index (χ0v) is 32.3. The van der Waals surface area contributed by atoms with E-state index in [-0.39, 0.29) is 5.41 Å². The Kier molecular flexibility index (Phi) is 6.21. The smallest absolute Gasteiger partial charge is 0.0544 e. The van der Waals surface area contributed by atoms with Crippen LogP contribution in [0.4, 0.5) is 0 Å². The lowest BCUT2D eigenvalue weighted by molar-refractivity contribution is 0.322. The van der Waals surface area contributed by atoms with Gasteiger partial charge in [0.1, 0.15) is 0 Å². The van der Waals surface area contributed by atoms with Crippen molar-refractivity contribution in [3.8, 4) is 44.8 Å². The number of rotatable bonds is 5. The van der Waals surface area contributed by atoms with Crippen LogP contribution in [-0.4, -0.2) is 9.13 Å². The van der Waals surface area contributed by atoms with Crippen molar-refractivity contribution in [3.05, 3.63) is 217 Å². The van der Waals surface area contributed by atoms with Crippen LogP contribution in [0.25, 0.3) is 88.4 Å². The average molecular weight is 751 g/mol. The van der Waals surface area contributed by atoms with E-state index < -0.39 is 0 Å². The lowest BCUT2D eigenvalue weighted by Gasteiger charge is -2.45. The van der Waals surface area contributed by atoms with E-state index in [1.54, 1.807) is 5.56 Å².